The molecule has 78 valence electrons. The van der Waals surface area contributed by atoms with Crippen molar-refractivity contribution in [2.24, 2.45) is 0 Å². The van der Waals surface area contributed by atoms with Gasteiger partial charge in [-0.1, -0.05) is 0 Å². The van der Waals surface area contributed by atoms with Crippen LogP contribution in [0.5, 0.6) is 0 Å². The number of nitrogens with zero attached hydrogens (tertiary/aromatic N) is 2. The van der Waals surface area contributed by atoms with Crippen molar-refractivity contribution in [3.8, 4) is 6.07 Å². The van der Waals surface area contributed by atoms with Crippen LogP contribution in [-0.2, 0) is 11.3 Å². The highest BCUT2D eigenvalue weighted by atomic mass is 16.5. The molecule has 1 saturated heterocycles. The van der Waals surface area contributed by atoms with Crippen molar-refractivity contribution in [3.63, 3.8) is 0 Å². The number of pyridine rings is 1. The van der Waals surface area contributed by atoms with Gasteiger partial charge in [-0.3, -0.25) is 0 Å². The summed E-state index contributed by atoms with van der Waals surface area (Å²) in [5.74, 6) is 0. The molecule has 1 fully saturated rings. The zero-order valence-electron chi connectivity index (χ0n) is 8.44. The Balaban J connectivity index is 1.90. The van der Waals surface area contributed by atoms with Gasteiger partial charge in [-0.25, -0.2) is 4.98 Å². The Morgan fingerprint density at radius 2 is 2.60 bits per heavy atom. The molecule has 1 atom stereocenters. The molecule has 0 spiro atoms. The molecule has 2 heterocycles. The molecule has 1 aliphatic rings. The zero-order chi connectivity index (χ0) is 10.5. The van der Waals surface area contributed by atoms with Crippen molar-refractivity contribution < 1.29 is 4.74 Å². The average molecular weight is 203 g/mol. The zero-order valence-corrected chi connectivity index (χ0v) is 8.44. The van der Waals surface area contributed by atoms with Crippen molar-refractivity contribution in [1.82, 2.24) is 10.3 Å². The number of aromatic nitrogens is 1. The van der Waals surface area contributed by atoms with Crippen LogP contribution in [0.1, 0.15) is 17.7 Å². The van der Waals surface area contributed by atoms with Crippen LogP contribution in [0.4, 0.5) is 0 Å². The Bertz CT molecular complexity index is 366. The molecule has 0 aliphatic carbocycles. The quantitative estimate of drug-likeness (QED) is 0.790. The minimum absolute atomic E-state index is 0.309. The Labute approximate surface area is 88.9 Å². The maximum absolute atomic E-state index is 8.68. The summed E-state index contributed by atoms with van der Waals surface area (Å²) in [4.78, 5) is 3.91. The highest BCUT2D eigenvalue weighted by molar-refractivity contribution is 5.24. The molecular formula is C11H13N3O. The van der Waals surface area contributed by atoms with Crippen molar-refractivity contribution in [2.45, 2.75) is 19.1 Å². The van der Waals surface area contributed by atoms with Crippen LogP contribution in [0.3, 0.4) is 0 Å². The first-order valence-corrected chi connectivity index (χ1v) is 5.06. The predicted octanol–water partition coefficient (Wildman–Crippen LogP) is 0.832. The molecule has 15 heavy (non-hydrogen) atoms. The molecule has 2 rings (SSSR count). The molecule has 0 aromatic carbocycles. The lowest BCUT2D eigenvalue weighted by Gasteiger charge is -2.09. The van der Waals surface area contributed by atoms with E-state index in [1.165, 1.54) is 0 Å². The molecule has 4 nitrogen and oxygen atoms in total. The third kappa shape index (κ3) is 2.75. The van der Waals surface area contributed by atoms with Gasteiger partial charge in [-0.15, -0.1) is 0 Å². The summed E-state index contributed by atoms with van der Waals surface area (Å²) < 4.78 is 5.69. The topological polar surface area (TPSA) is 57.9 Å². The third-order valence-corrected chi connectivity index (χ3v) is 2.44. The van der Waals surface area contributed by atoms with E-state index < -0.39 is 0 Å². The Kier molecular flexibility index (Phi) is 3.28. The SMILES string of the molecule is N#Cc1cc(COC2CCNC2)ccn1. The van der Waals surface area contributed by atoms with Crippen LogP contribution in [0, 0.1) is 11.3 Å². The third-order valence-electron chi connectivity index (χ3n) is 2.44. The van der Waals surface area contributed by atoms with E-state index in [2.05, 4.69) is 10.3 Å². The molecule has 0 saturated carbocycles. The van der Waals surface area contributed by atoms with E-state index in [1.54, 1.807) is 12.3 Å². The molecule has 0 radical (unpaired) electrons. The number of hydrogen-bond acceptors (Lipinski definition) is 4. The lowest BCUT2D eigenvalue weighted by molar-refractivity contribution is 0.0542. The average Bonchev–Trinajstić information content (AvgIpc) is 2.79. The van der Waals surface area contributed by atoms with Gasteiger partial charge in [0.25, 0.3) is 0 Å². The van der Waals surface area contributed by atoms with Gasteiger partial charge in [0.1, 0.15) is 11.8 Å². The van der Waals surface area contributed by atoms with Crippen LogP contribution < -0.4 is 5.32 Å². The van der Waals surface area contributed by atoms with Gasteiger partial charge in [0.05, 0.1) is 12.7 Å². The van der Waals surface area contributed by atoms with Crippen molar-refractivity contribution in [1.29, 1.82) is 5.26 Å². The Morgan fingerprint density at radius 3 is 3.33 bits per heavy atom. The highest BCUT2D eigenvalue weighted by Crippen LogP contribution is 2.08. The molecule has 0 amide bonds. The summed E-state index contributed by atoms with van der Waals surface area (Å²) in [7, 11) is 0. The second-order valence-electron chi connectivity index (χ2n) is 3.59. The summed E-state index contributed by atoms with van der Waals surface area (Å²) in [6.45, 7) is 2.52. The fourth-order valence-electron chi connectivity index (χ4n) is 1.61. The number of ether oxygens (including phenoxy) is 1. The van der Waals surface area contributed by atoms with E-state index in [9.17, 15) is 0 Å². The minimum atomic E-state index is 0.309. The van der Waals surface area contributed by atoms with E-state index in [0.717, 1.165) is 25.1 Å². The number of rotatable bonds is 3. The van der Waals surface area contributed by atoms with Gasteiger partial charge in [0, 0.05) is 12.7 Å². The highest BCUT2D eigenvalue weighted by Gasteiger charge is 2.14. The van der Waals surface area contributed by atoms with Gasteiger partial charge >= 0.3 is 0 Å². The molecule has 1 aromatic heterocycles. The van der Waals surface area contributed by atoms with E-state index in [4.69, 9.17) is 10.00 Å². The van der Waals surface area contributed by atoms with Gasteiger partial charge in [0.15, 0.2) is 0 Å². The predicted molar refractivity (Wildman–Crippen MR) is 55.0 cm³/mol. The van der Waals surface area contributed by atoms with Gasteiger partial charge in [-0.05, 0) is 30.7 Å². The normalized spacial score (nSPS) is 20.1. The second-order valence-corrected chi connectivity index (χ2v) is 3.59. The number of nitrogens with one attached hydrogen (secondary N) is 1. The van der Waals surface area contributed by atoms with Crippen LogP contribution in [0.25, 0.3) is 0 Å². The maximum atomic E-state index is 8.68. The fraction of sp³-hybridized carbons (Fsp3) is 0.455. The van der Waals surface area contributed by atoms with E-state index >= 15 is 0 Å². The van der Waals surface area contributed by atoms with Crippen LogP contribution in [-0.4, -0.2) is 24.2 Å². The van der Waals surface area contributed by atoms with Gasteiger partial charge in [-0.2, -0.15) is 5.26 Å². The second kappa shape index (κ2) is 4.87. The first kappa shape index (κ1) is 10.1. The van der Waals surface area contributed by atoms with Crippen molar-refractivity contribution in [3.05, 3.63) is 29.6 Å². The summed E-state index contributed by atoms with van der Waals surface area (Å²) in [6, 6.07) is 5.66. The molecule has 1 unspecified atom stereocenters. The molecule has 1 aliphatic heterocycles. The number of nitriles is 1. The summed E-state index contributed by atoms with van der Waals surface area (Å²) >= 11 is 0. The van der Waals surface area contributed by atoms with E-state index in [0.29, 0.717) is 18.4 Å². The Hall–Kier alpha value is -1.44. The Morgan fingerprint density at radius 1 is 1.67 bits per heavy atom. The molecule has 1 aromatic rings. The first-order valence-electron chi connectivity index (χ1n) is 5.06. The molecule has 1 N–H and O–H groups in total. The molecule has 4 heteroatoms. The number of hydrogen-bond donors (Lipinski definition) is 1. The van der Waals surface area contributed by atoms with E-state index in [-0.39, 0.29) is 0 Å². The van der Waals surface area contributed by atoms with Crippen LogP contribution >= 0.6 is 0 Å². The van der Waals surface area contributed by atoms with E-state index in [1.807, 2.05) is 12.1 Å². The molecule has 0 bridgehead atoms. The van der Waals surface area contributed by atoms with Crippen LogP contribution in [0.2, 0.25) is 0 Å². The minimum Gasteiger partial charge on any atom is -0.372 e. The summed E-state index contributed by atoms with van der Waals surface area (Å²) in [6.07, 6.45) is 3.02. The van der Waals surface area contributed by atoms with Crippen molar-refractivity contribution >= 4 is 0 Å². The lowest BCUT2D eigenvalue weighted by Crippen LogP contribution is -2.16. The standard InChI is InChI=1S/C11H13N3O/c12-6-10-5-9(1-4-14-10)8-15-11-2-3-13-7-11/h1,4-5,11,13H,2-3,7-8H2. The summed E-state index contributed by atoms with van der Waals surface area (Å²) in [5.41, 5.74) is 1.45. The largest absolute Gasteiger partial charge is 0.372 e. The fourth-order valence-corrected chi connectivity index (χ4v) is 1.61. The lowest BCUT2D eigenvalue weighted by atomic mass is 10.2. The van der Waals surface area contributed by atoms with Gasteiger partial charge < -0.3 is 10.1 Å². The van der Waals surface area contributed by atoms with Crippen molar-refractivity contribution in [2.75, 3.05) is 13.1 Å². The first-order chi connectivity index (χ1) is 7.38. The monoisotopic (exact) mass is 203 g/mol. The molecular weight excluding hydrogens is 190 g/mol. The maximum Gasteiger partial charge on any atom is 0.140 e. The van der Waals surface area contributed by atoms with Gasteiger partial charge in [0.2, 0.25) is 0 Å². The van der Waals surface area contributed by atoms with Crippen LogP contribution in [0.15, 0.2) is 18.3 Å². The smallest absolute Gasteiger partial charge is 0.140 e. The summed E-state index contributed by atoms with van der Waals surface area (Å²) in [5, 5.41) is 11.9.